The summed E-state index contributed by atoms with van der Waals surface area (Å²) in [6.07, 6.45) is 1.68. The Morgan fingerprint density at radius 2 is 1.52 bits per heavy atom. The number of rotatable bonds is 9. The summed E-state index contributed by atoms with van der Waals surface area (Å²) in [5.74, 6) is 3.56. The van der Waals surface area contributed by atoms with Crippen LogP contribution in [0.3, 0.4) is 0 Å². The van der Waals surface area contributed by atoms with Crippen molar-refractivity contribution >= 4 is 17.5 Å². The van der Waals surface area contributed by atoms with Gasteiger partial charge >= 0.3 is 0 Å². The van der Waals surface area contributed by atoms with E-state index in [1.54, 1.807) is 40.7 Å². The quantitative estimate of drug-likeness (QED) is 0.564. The second kappa shape index (κ2) is 9.50. The maximum atomic E-state index is 5.39. The number of methoxy groups -OCH3 is 4. The Kier molecular flexibility index (Phi) is 6.57. The third-order valence-electron chi connectivity index (χ3n) is 4.22. The van der Waals surface area contributed by atoms with Gasteiger partial charge in [-0.3, -0.25) is 0 Å². The molecule has 0 aliphatic heterocycles. The summed E-state index contributed by atoms with van der Waals surface area (Å²) < 4.78 is 21.5. The van der Waals surface area contributed by atoms with Crippen molar-refractivity contribution < 1.29 is 18.9 Å². The summed E-state index contributed by atoms with van der Waals surface area (Å²) in [6.45, 7) is 0.539. The molecule has 2 aromatic carbocycles. The molecule has 0 saturated heterocycles. The van der Waals surface area contributed by atoms with Gasteiger partial charge in [0.25, 0.3) is 0 Å². The number of benzene rings is 2. The van der Waals surface area contributed by atoms with Crippen LogP contribution < -0.4 is 29.6 Å². The summed E-state index contributed by atoms with van der Waals surface area (Å²) in [6, 6.07) is 13.2. The molecule has 0 aliphatic carbocycles. The second-order valence-corrected chi connectivity index (χ2v) is 5.97. The highest BCUT2D eigenvalue weighted by molar-refractivity contribution is 5.66. The van der Waals surface area contributed by atoms with Gasteiger partial charge in [0.05, 0.1) is 28.4 Å². The van der Waals surface area contributed by atoms with Gasteiger partial charge in [0, 0.05) is 36.1 Å². The zero-order valence-corrected chi connectivity index (χ0v) is 16.9. The summed E-state index contributed by atoms with van der Waals surface area (Å²) >= 11 is 0. The average Bonchev–Trinajstić information content (AvgIpc) is 2.77. The van der Waals surface area contributed by atoms with Crippen LogP contribution in [-0.4, -0.2) is 38.4 Å². The molecular formula is C21H24N4O4. The second-order valence-electron chi connectivity index (χ2n) is 5.97. The topological polar surface area (TPSA) is 86.8 Å². The van der Waals surface area contributed by atoms with E-state index in [9.17, 15) is 0 Å². The Morgan fingerprint density at radius 1 is 0.828 bits per heavy atom. The van der Waals surface area contributed by atoms with Crippen molar-refractivity contribution in [2.45, 2.75) is 6.54 Å². The predicted octanol–water partition coefficient (Wildman–Crippen LogP) is 3.87. The highest BCUT2D eigenvalue weighted by Crippen LogP contribution is 2.40. The van der Waals surface area contributed by atoms with E-state index in [2.05, 4.69) is 20.6 Å². The minimum atomic E-state index is 0.494. The molecule has 8 nitrogen and oxygen atoms in total. The molecule has 0 fully saturated rings. The van der Waals surface area contributed by atoms with E-state index in [0.29, 0.717) is 35.6 Å². The molecular weight excluding hydrogens is 372 g/mol. The van der Waals surface area contributed by atoms with Gasteiger partial charge in [0.15, 0.2) is 11.5 Å². The maximum Gasteiger partial charge on any atom is 0.224 e. The molecule has 0 amide bonds. The van der Waals surface area contributed by atoms with Crippen molar-refractivity contribution in [1.29, 1.82) is 0 Å². The van der Waals surface area contributed by atoms with E-state index in [0.717, 1.165) is 17.0 Å². The van der Waals surface area contributed by atoms with Crippen molar-refractivity contribution in [2.75, 3.05) is 39.1 Å². The zero-order chi connectivity index (χ0) is 20.6. The van der Waals surface area contributed by atoms with Crippen LogP contribution in [0.5, 0.6) is 23.0 Å². The lowest BCUT2D eigenvalue weighted by Gasteiger charge is -2.15. The van der Waals surface area contributed by atoms with Gasteiger partial charge in [-0.15, -0.1) is 0 Å². The molecule has 29 heavy (non-hydrogen) atoms. The van der Waals surface area contributed by atoms with Crippen LogP contribution in [0.25, 0.3) is 0 Å². The van der Waals surface area contributed by atoms with Gasteiger partial charge in [-0.2, -0.15) is 4.98 Å². The molecule has 0 saturated carbocycles. The molecule has 0 spiro atoms. The molecule has 8 heteroatoms. The number of para-hydroxylation sites is 1. The molecule has 0 unspecified atom stereocenters. The number of aromatic nitrogens is 2. The molecule has 152 valence electrons. The van der Waals surface area contributed by atoms with E-state index in [4.69, 9.17) is 18.9 Å². The number of anilines is 3. The standard InChI is InChI=1S/C21H24N4O4/c1-26-16-8-6-5-7-14(16)13-23-21-22-10-9-19(25-21)24-15-11-17(27-2)20(29-4)18(12-15)28-3/h5-12H,13H2,1-4H3,(H2,22,23,24,25). The summed E-state index contributed by atoms with van der Waals surface area (Å²) in [5, 5.41) is 6.45. The van der Waals surface area contributed by atoms with Crippen LogP contribution in [0.2, 0.25) is 0 Å². The lowest BCUT2D eigenvalue weighted by Crippen LogP contribution is -2.06. The van der Waals surface area contributed by atoms with Crippen molar-refractivity contribution in [3.05, 3.63) is 54.2 Å². The van der Waals surface area contributed by atoms with Crippen LogP contribution >= 0.6 is 0 Å². The highest BCUT2D eigenvalue weighted by Gasteiger charge is 2.13. The van der Waals surface area contributed by atoms with Crippen molar-refractivity contribution in [2.24, 2.45) is 0 Å². The number of ether oxygens (including phenoxy) is 4. The molecule has 0 aliphatic rings. The molecule has 0 radical (unpaired) electrons. The first-order chi connectivity index (χ1) is 14.2. The lowest BCUT2D eigenvalue weighted by molar-refractivity contribution is 0.324. The average molecular weight is 396 g/mol. The molecule has 2 N–H and O–H groups in total. The fourth-order valence-corrected chi connectivity index (χ4v) is 2.84. The molecule has 3 aromatic rings. The predicted molar refractivity (Wildman–Crippen MR) is 112 cm³/mol. The minimum absolute atomic E-state index is 0.494. The molecule has 3 rings (SSSR count). The van der Waals surface area contributed by atoms with Crippen molar-refractivity contribution in [3.63, 3.8) is 0 Å². The Balaban J connectivity index is 1.76. The molecule has 0 bridgehead atoms. The minimum Gasteiger partial charge on any atom is -0.496 e. The van der Waals surface area contributed by atoms with E-state index < -0.39 is 0 Å². The number of hydrogen-bond acceptors (Lipinski definition) is 8. The highest BCUT2D eigenvalue weighted by atomic mass is 16.5. The van der Waals surface area contributed by atoms with Crippen LogP contribution in [0.1, 0.15) is 5.56 Å². The SMILES string of the molecule is COc1ccccc1CNc1nccc(Nc2cc(OC)c(OC)c(OC)c2)n1. The third-order valence-corrected chi connectivity index (χ3v) is 4.22. The van der Waals surface area contributed by atoms with E-state index in [1.165, 1.54) is 0 Å². The van der Waals surface area contributed by atoms with E-state index >= 15 is 0 Å². The van der Waals surface area contributed by atoms with Gasteiger partial charge < -0.3 is 29.6 Å². The van der Waals surface area contributed by atoms with E-state index in [-0.39, 0.29) is 0 Å². The van der Waals surface area contributed by atoms with Crippen molar-refractivity contribution in [1.82, 2.24) is 9.97 Å². The van der Waals surface area contributed by atoms with Gasteiger partial charge in [-0.1, -0.05) is 18.2 Å². The smallest absolute Gasteiger partial charge is 0.224 e. The fourth-order valence-electron chi connectivity index (χ4n) is 2.84. The Hall–Kier alpha value is -3.68. The first-order valence-corrected chi connectivity index (χ1v) is 8.94. The largest absolute Gasteiger partial charge is 0.496 e. The number of nitrogens with one attached hydrogen (secondary N) is 2. The van der Waals surface area contributed by atoms with Gasteiger partial charge in [0.1, 0.15) is 11.6 Å². The van der Waals surface area contributed by atoms with Gasteiger partial charge in [0.2, 0.25) is 11.7 Å². The van der Waals surface area contributed by atoms with Crippen LogP contribution in [0.4, 0.5) is 17.5 Å². The fraction of sp³-hybridized carbons (Fsp3) is 0.238. The Labute approximate surface area is 169 Å². The number of hydrogen-bond donors (Lipinski definition) is 2. The molecule has 1 aromatic heterocycles. The Bertz CT molecular complexity index is 940. The van der Waals surface area contributed by atoms with Crippen molar-refractivity contribution in [3.8, 4) is 23.0 Å². The van der Waals surface area contributed by atoms with Gasteiger partial charge in [-0.25, -0.2) is 4.98 Å². The monoisotopic (exact) mass is 396 g/mol. The van der Waals surface area contributed by atoms with Crippen LogP contribution in [0.15, 0.2) is 48.7 Å². The zero-order valence-electron chi connectivity index (χ0n) is 16.9. The summed E-state index contributed by atoms with van der Waals surface area (Å²) in [4.78, 5) is 8.78. The van der Waals surface area contributed by atoms with E-state index in [1.807, 2.05) is 36.4 Å². The number of nitrogens with zero attached hydrogens (tertiary/aromatic N) is 2. The summed E-state index contributed by atoms with van der Waals surface area (Å²) in [5.41, 5.74) is 1.76. The molecule has 1 heterocycles. The maximum absolute atomic E-state index is 5.39. The lowest BCUT2D eigenvalue weighted by atomic mass is 10.2. The molecule has 0 atom stereocenters. The normalized spacial score (nSPS) is 10.2. The first kappa shape index (κ1) is 20.1. The summed E-state index contributed by atoms with van der Waals surface area (Å²) in [7, 11) is 6.37. The first-order valence-electron chi connectivity index (χ1n) is 8.94. The Morgan fingerprint density at radius 3 is 2.17 bits per heavy atom. The van der Waals surface area contributed by atoms with Crippen LogP contribution in [-0.2, 0) is 6.54 Å². The van der Waals surface area contributed by atoms with Crippen LogP contribution in [0, 0.1) is 0 Å². The third kappa shape index (κ3) is 4.78. The van der Waals surface area contributed by atoms with Gasteiger partial charge in [-0.05, 0) is 12.1 Å².